The Hall–Kier alpha value is -3.58. The molecule has 0 atom stereocenters. The summed E-state index contributed by atoms with van der Waals surface area (Å²) >= 11 is 6.58. The molecule has 0 saturated heterocycles. The van der Waals surface area contributed by atoms with Crippen LogP contribution in [0.4, 0.5) is 34.8 Å². The third kappa shape index (κ3) is 6.26. The number of hydrogen-bond acceptors (Lipinski definition) is 6. The van der Waals surface area contributed by atoms with E-state index >= 15 is 0 Å². The van der Waals surface area contributed by atoms with Crippen LogP contribution in [0.3, 0.4) is 0 Å². The number of halogens is 5. The standard InChI is InChI=1S/C20H14ClF4N5O3S/c21-12-6-3-10(20(23,24)25)7-13(12)27-14(31)8-34-19-29-16(26)15(18(33)30-19)28-17(32)9-1-4-11(22)5-2-9/h1-7H,8H2,(H,27,31)(H,28,32)(H3,26,29,30,33). The second-order valence-corrected chi connectivity index (χ2v) is 7.99. The zero-order valence-electron chi connectivity index (χ0n) is 16.8. The molecule has 0 spiro atoms. The zero-order valence-corrected chi connectivity index (χ0v) is 18.4. The topological polar surface area (TPSA) is 130 Å². The summed E-state index contributed by atoms with van der Waals surface area (Å²) in [5.74, 6) is -2.69. The Bertz CT molecular complexity index is 1300. The van der Waals surface area contributed by atoms with E-state index in [4.69, 9.17) is 17.3 Å². The molecule has 1 aromatic heterocycles. The summed E-state index contributed by atoms with van der Waals surface area (Å²) in [4.78, 5) is 42.9. The van der Waals surface area contributed by atoms with E-state index in [-0.39, 0.29) is 38.7 Å². The Kier molecular flexibility index (Phi) is 7.47. The van der Waals surface area contributed by atoms with E-state index in [1.165, 1.54) is 12.1 Å². The molecular weight excluding hydrogens is 502 g/mol. The van der Waals surface area contributed by atoms with E-state index in [0.29, 0.717) is 6.07 Å². The number of amides is 2. The van der Waals surface area contributed by atoms with E-state index in [1.807, 2.05) is 0 Å². The highest BCUT2D eigenvalue weighted by atomic mass is 35.5. The number of rotatable bonds is 6. The molecule has 0 unspecified atom stereocenters. The molecule has 34 heavy (non-hydrogen) atoms. The first-order valence-corrected chi connectivity index (χ1v) is 10.6. The van der Waals surface area contributed by atoms with Crippen molar-refractivity contribution in [3.63, 3.8) is 0 Å². The second-order valence-electron chi connectivity index (χ2n) is 6.62. The monoisotopic (exact) mass is 515 g/mol. The van der Waals surface area contributed by atoms with Crippen LogP contribution in [0.1, 0.15) is 15.9 Å². The number of carbonyl (C=O) groups is 2. The van der Waals surface area contributed by atoms with Gasteiger partial charge in [-0.25, -0.2) is 9.37 Å². The number of alkyl halides is 3. The zero-order chi connectivity index (χ0) is 25.0. The largest absolute Gasteiger partial charge is 0.416 e. The van der Waals surface area contributed by atoms with Gasteiger partial charge in [-0.2, -0.15) is 13.2 Å². The predicted molar refractivity (Wildman–Crippen MR) is 119 cm³/mol. The number of benzene rings is 2. The molecule has 5 N–H and O–H groups in total. The van der Waals surface area contributed by atoms with Crippen LogP contribution in [0, 0.1) is 5.82 Å². The molecule has 14 heteroatoms. The molecule has 0 radical (unpaired) electrons. The number of nitrogens with one attached hydrogen (secondary N) is 3. The Balaban J connectivity index is 1.66. The number of thioether (sulfide) groups is 1. The Morgan fingerprint density at radius 2 is 1.79 bits per heavy atom. The molecule has 0 aliphatic rings. The number of nitrogens with zero attached hydrogens (tertiary/aromatic N) is 1. The molecule has 0 aliphatic heterocycles. The lowest BCUT2D eigenvalue weighted by molar-refractivity contribution is -0.137. The van der Waals surface area contributed by atoms with Crippen molar-refractivity contribution in [2.24, 2.45) is 0 Å². The third-order valence-electron chi connectivity index (χ3n) is 4.18. The minimum absolute atomic E-state index is 0.0728. The molecule has 3 rings (SSSR count). The van der Waals surface area contributed by atoms with Crippen LogP contribution < -0.4 is 21.9 Å². The van der Waals surface area contributed by atoms with E-state index < -0.39 is 34.9 Å². The molecule has 2 aromatic carbocycles. The number of nitrogens with two attached hydrogens (primary N) is 1. The smallest absolute Gasteiger partial charge is 0.382 e. The van der Waals surface area contributed by atoms with Crippen molar-refractivity contribution in [2.45, 2.75) is 11.3 Å². The van der Waals surface area contributed by atoms with Crippen LogP contribution in [-0.2, 0) is 11.0 Å². The number of hydrogen-bond donors (Lipinski definition) is 4. The molecule has 178 valence electrons. The van der Waals surface area contributed by atoms with Crippen molar-refractivity contribution >= 4 is 52.4 Å². The van der Waals surface area contributed by atoms with E-state index in [2.05, 4.69) is 20.6 Å². The number of H-pyrrole nitrogens is 1. The van der Waals surface area contributed by atoms with Crippen LogP contribution in [-0.4, -0.2) is 27.5 Å². The summed E-state index contributed by atoms with van der Waals surface area (Å²) in [6, 6.07) is 7.04. The van der Waals surface area contributed by atoms with Crippen LogP contribution in [0.15, 0.2) is 52.4 Å². The quantitative estimate of drug-likeness (QED) is 0.222. The molecule has 0 fully saturated rings. The number of anilines is 3. The fourth-order valence-corrected chi connectivity index (χ4v) is 3.40. The highest BCUT2D eigenvalue weighted by Crippen LogP contribution is 2.34. The molecule has 0 saturated carbocycles. The normalized spacial score (nSPS) is 11.2. The van der Waals surface area contributed by atoms with Gasteiger partial charge in [0.15, 0.2) is 11.0 Å². The van der Waals surface area contributed by atoms with Crippen LogP contribution in [0.2, 0.25) is 5.02 Å². The summed E-state index contributed by atoms with van der Waals surface area (Å²) in [5, 5.41) is 4.36. The highest BCUT2D eigenvalue weighted by Gasteiger charge is 2.31. The summed E-state index contributed by atoms with van der Waals surface area (Å²) in [6.45, 7) is 0. The second kappa shape index (κ2) is 10.1. The van der Waals surface area contributed by atoms with Gasteiger partial charge in [-0.15, -0.1) is 0 Å². The first kappa shape index (κ1) is 25.1. The highest BCUT2D eigenvalue weighted by molar-refractivity contribution is 7.99. The van der Waals surface area contributed by atoms with Gasteiger partial charge in [0.25, 0.3) is 11.5 Å². The summed E-state index contributed by atoms with van der Waals surface area (Å²) < 4.78 is 51.5. The van der Waals surface area contributed by atoms with E-state index in [9.17, 15) is 31.9 Å². The fraction of sp³-hybridized carbons (Fsp3) is 0.100. The van der Waals surface area contributed by atoms with Gasteiger partial charge < -0.3 is 16.4 Å². The maximum atomic E-state index is 13.0. The number of carbonyl (C=O) groups excluding carboxylic acids is 2. The summed E-state index contributed by atoms with van der Waals surface area (Å²) in [6.07, 6.45) is -4.62. The lowest BCUT2D eigenvalue weighted by atomic mass is 10.2. The number of aromatic nitrogens is 2. The first-order chi connectivity index (χ1) is 15.9. The van der Waals surface area contributed by atoms with Gasteiger partial charge >= 0.3 is 6.18 Å². The molecular formula is C20H14ClF4N5O3S. The fourth-order valence-electron chi connectivity index (χ4n) is 2.56. The Morgan fingerprint density at radius 3 is 2.41 bits per heavy atom. The van der Waals surface area contributed by atoms with E-state index in [0.717, 1.165) is 36.0 Å². The third-order valence-corrected chi connectivity index (χ3v) is 5.38. The Morgan fingerprint density at radius 1 is 1.12 bits per heavy atom. The minimum atomic E-state index is -4.62. The molecule has 1 heterocycles. The van der Waals surface area contributed by atoms with Gasteiger partial charge in [0.2, 0.25) is 5.91 Å². The number of aromatic amines is 1. The van der Waals surface area contributed by atoms with Gasteiger partial charge in [-0.1, -0.05) is 23.4 Å². The molecule has 2 amide bonds. The minimum Gasteiger partial charge on any atom is -0.382 e. The van der Waals surface area contributed by atoms with Crippen LogP contribution >= 0.6 is 23.4 Å². The molecule has 3 aromatic rings. The van der Waals surface area contributed by atoms with Gasteiger partial charge in [-0.3, -0.25) is 19.4 Å². The van der Waals surface area contributed by atoms with Crippen molar-refractivity contribution in [3.8, 4) is 0 Å². The average molecular weight is 516 g/mol. The van der Waals surface area contributed by atoms with Gasteiger partial charge in [0.05, 0.1) is 22.0 Å². The van der Waals surface area contributed by atoms with Crippen molar-refractivity contribution in [1.29, 1.82) is 0 Å². The van der Waals surface area contributed by atoms with Crippen molar-refractivity contribution < 1.29 is 27.2 Å². The van der Waals surface area contributed by atoms with Gasteiger partial charge in [0.1, 0.15) is 11.5 Å². The maximum absolute atomic E-state index is 13.0. The molecule has 0 aliphatic carbocycles. The van der Waals surface area contributed by atoms with Gasteiger partial charge in [0, 0.05) is 5.56 Å². The van der Waals surface area contributed by atoms with Crippen molar-refractivity contribution in [1.82, 2.24) is 9.97 Å². The van der Waals surface area contributed by atoms with Crippen LogP contribution in [0.25, 0.3) is 0 Å². The first-order valence-electron chi connectivity index (χ1n) is 9.20. The molecule has 0 bridgehead atoms. The predicted octanol–water partition coefficient (Wildman–Crippen LogP) is 4.15. The average Bonchev–Trinajstić information content (AvgIpc) is 2.76. The van der Waals surface area contributed by atoms with Gasteiger partial charge in [-0.05, 0) is 42.5 Å². The lowest BCUT2D eigenvalue weighted by Crippen LogP contribution is -2.23. The van der Waals surface area contributed by atoms with Crippen molar-refractivity contribution in [2.75, 3.05) is 22.1 Å². The maximum Gasteiger partial charge on any atom is 0.416 e. The molecule has 8 nitrogen and oxygen atoms in total. The SMILES string of the molecule is Nc1nc(SCC(=O)Nc2cc(C(F)(F)F)ccc2Cl)[nH]c(=O)c1NC(=O)c1ccc(F)cc1. The number of nitrogen functional groups attached to an aromatic ring is 1. The lowest BCUT2D eigenvalue weighted by Gasteiger charge is -2.12. The van der Waals surface area contributed by atoms with E-state index in [1.54, 1.807) is 0 Å². The summed E-state index contributed by atoms with van der Waals surface area (Å²) in [5.41, 5.74) is 3.42. The Labute approximate surface area is 197 Å². The van der Waals surface area contributed by atoms with Crippen LogP contribution in [0.5, 0.6) is 0 Å². The summed E-state index contributed by atoms with van der Waals surface area (Å²) in [7, 11) is 0. The van der Waals surface area contributed by atoms with Crippen molar-refractivity contribution in [3.05, 3.63) is 74.8 Å².